The van der Waals surface area contributed by atoms with E-state index in [2.05, 4.69) is 203 Å². The number of nitrogens with zero attached hydrogens (tertiary/aromatic N) is 2. The highest BCUT2D eigenvalue weighted by Gasteiger charge is 2.48. The summed E-state index contributed by atoms with van der Waals surface area (Å²) in [6, 6.07) is 70.8. The van der Waals surface area contributed by atoms with E-state index in [9.17, 15) is 0 Å². The minimum atomic E-state index is -2.78. The molecule has 10 aromatic rings. The van der Waals surface area contributed by atoms with Crippen molar-refractivity contribution in [1.82, 2.24) is 9.13 Å². The van der Waals surface area contributed by atoms with E-state index in [4.69, 9.17) is 4.74 Å². The summed E-state index contributed by atoms with van der Waals surface area (Å²) in [4.78, 5) is 0. The van der Waals surface area contributed by atoms with Gasteiger partial charge in [0.05, 0.1) is 27.5 Å². The van der Waals surface area contributed by atoms with Crippen LogP contribution in [0.25, 0.3) is 55.0 Å². The Morgan fingerprint density at radius 2 is 0.904 bits per heavy atom. The Labute approximate surface area is 302 Å². The van der Waals surface area contributed by atoms with Gasteiger partial charge in [0.25, 0.3) is 0 Å². The van der Waals surface area contributed by atoms with Gasteiger partial charge in [-0.1, -0.05) is 140 Å². The summed E-state index contributed by atoms with van der Waals surface area (Å²) in [6.45, 7) is 0. The van der Waals surface area contributed by atoms with Crippen molar-refractivity contribution < 1.29 is 4.74 Å². The average molecular weight is 681 g/mol. The van der Waals surface area contributed by atoms with E-state index < -0.39 is 8.07 Å². The number of para-hydroxylation sites is 4. The number of hydrogen-bond donors (Lipinski definition) is 0. The van der Waals surface area contributed by atoms with Gasteiger partial charge in [0, 0.05) is 27.5 Å². The molecule has 52 heavy (non-hydrogen) atoms. The van der Waals surface area contributed by atoms with Crippen molar-refractivity contribution in [2.45, 2.75) is 0 Å². The van der Waals surface area contributed by atoms with Crippen LogP contribution in [0.15, 0.2) is 194 Å². The molecule has 3 heterocycles. The summed E-state index contributed by atoms with van der Waals surface area (Å²) < 4.78 is 11.9. The van der Waals surface area contributed by atoms with Gasteiger partial charge in [-0.2, -0.15) is 0 Å². The van der Waals surface area contributed by atoms with Crippen LogP contribution in [-0.2, 0) is 0 Å². The first-order chi connectivity index (χ1) is 25.8. The molecule has 0 aliphatic carbocycles. The number of rotatable bonds is 4. The van der Waals surface area contributed by atoms with Gasteiger partial charge in [0.1, 0.15) is 11.5 Å². The Morgan fingerprint density at radius 3 is 1.63 bits per heavy atom. The van der Waals surface area contributed by atoms with Gasteiger partial charge >= 0.3 is 0 Å². The molecule has 8 aromatic carbocycles. The van der Waals surface area contributed by atoms with Gasteiger partial charge < -0.3 is 13.9 Å². The quantitative estimate of drug-likeness (QED) is 0.170. The van der Waals surface area contributed by atoms with Crippen LogP contribution in [0, 0.1) is 0 Å². The highest BCUT2D eigenvalue weighted by molar-refractivity contribution is 7.20. The van der Waals surface area contributed by atoms with Crippen LogP contribution in [0.3, 0.4) is 0 Å². The van der Waals surface area contributed by atoms with Gasteiger partial charge in [0.15, 0.2) is 8.07 Å². The predicted octanol–water partition coefficient (Wildman–Crippen LogP) is 9.36. The smallest absolute Gasteiger partial charge is 0.188 e. The molecule has 0 radical (unpaired) electrons. The number of aromatic nitrogens is 2. The maximum atomic E-state index is 7.14. The van der Waals surface area contributed by atoms with E-state index in [1.54, 1.807) is 0 Å². The summed E-state index contributed by atoms with van der Waals surface area (Å²) in [6.07, 6.45) is 0. The van der Waals surface area contributed by atoms with Crippen molar-refractivity contribution in [3.63, 3.8) is 0 Å². The van der Waals surface area contributed by atoms with Gasteiger partial charge in [-0.05, 0) is 75.3 Å². The van der Waals surface area contributed by atoms with Crippen molar-refractivity contribution in [3.8, 4) is 22.9 Å². The van der Waals surface area contributed by atoms with E-state index in [1.165, 1.54) is 47.9 Å². The molecule has 2 aromatic heterocycles. The molecular formula is C48H32N2OSi. The third-order valence-corrected chi connectivity index (χ3v) is 15.9. The molecule has 0 amide bonds. The van der Waals surface area contributed by atoms with Crippen molar-refractivity contribution in [2.24, 2.45) is 0 Å². The Kier molecular flexibility index (Phi) is 6.27. The lowest BCUT2D eigenvalue weighted by molar-refractivity contribution is 0.493. The zero-order chi connectivity index (χ0) is 34.2. The summed E-state index contributed by atoms with van der Waals surface area (Å²) in [5.74, 6) is 1.90. The molecule has 0 saturated carbocycles. The van der Waals surface area contributed by atoms with Gasteiger partial charge in [-0.3, -0.25) is 0 Å². The molecule has 0 bridgehead atoms. The van der Waals surface area contributed by atoms with Crippen LogP contribution in [0.2, 0.25) is 0 Å². The molecule has 1 aliphatic rings. The number of ether oxygens (including phenoxy) is 1. The van der Waals surface area contributed by atoms with E-state index in [-0.39, 0.29) is 0 Å². The first-order valence-corrected chi connectivity index (χ1v) is 19.9. The fourth-order valence-electron chi connectivity index (χ4n) is 8.95. The minimum absolute atomic E-state index is 0.939. The normalized spacial score (nSPS) is 13.3. The molecule has 1 aliphatic heterocycles. The molecular weight excluding hydrogens is 649 g/mol. The largest absolute Gasteiger partial charge is 0.457 e. The van der Waals surface area contributed by atoms with Crippen LogP contribution < -0.4 is 25.5 Å². The first-order valence-electron chi connectivity index (χ1n) is 17.9. The third-order valence-electron chi connectivity index (χ3n) is 11.0. The third kappa shape index (κ3) is 3.95. The Hall–Kier alpha value is -6.62. The first kappa shape index (κ1) is 29.1. The topological polar surface area (TPSA) is 19.1 Å². The lowest BCUT2D eigenvalue weighted by Crippen LogP contribution is -2.76. The standard InChI is InChI=1S/C48H32N2OSi/c1-4-16-33(17-5-1)49-40-24-12-10-22-37(40)39-32-34(28-29-42(39)49)50-41-25-13-11-23-38(41)47-43(50)30-31-46-48(47)51-44-26-14-15-27-45(44)52(46,35-18-6-2-7-19-35)36-20-8-3-9-21-36/h1-32H. The minimum Gasteiger partial charge on any atom is -0.457 e. The molecule has 0 fully saturated rings. The highest BCUT2D eigenvalue weighted by atomic mass is 28.3. The maximum Gasteiger partial charge on any atom is 0.188 e. The average Bonchev–Trinajstić information content (AvgIpc) is 3.74. The SMILES string of the molecule is c1ccc(-n2c3ccccc3c3cc(-n4c5ccccc5c5c6c(ccc54)[Si](c4ccccc4)(c4ccccc4)c4ccccc4O6)ccc32)cc1. The van der Waals surface area contributed by atoms with Crippen molar-refractivity contribution in [1.29, 1.82) is 0 Å². The van der Waals surface area contributed by atoms with Crippen molar-refractivity contribution in [3.05, 3.63) is 194 Å². The van der Waals surface area contributed by atoms with Gasteiger partial charge in [-0.25, -0.2) is 0 Å². The van der Waals surface area contributed by atoms with Crippen LogP contribution in [0.4, 0.5) is 0 Å². The molecule has 0 spiro atoms. The molecule has 4 heteroatoms. The lowest BCUT2D eigenvalue weighted by atomic mass is 10.1. The van der Waals surface area contributed by atoms with Crippen LogP contribution in [0.1, 0.15) is 0 Å². The van der Waals surface area contributed by atoms with Crippen molar-refractivity contribution >= 4 is 72.4 Å². The van der Waals surface area contributed by atoms with Crippen LogP contribution >= 0.6 is 0 Å². The second-order valence-corrected chi connectivity index (χ2v) is 17.4. The Morgan fingerprint density at radius 1 is 0.365 bits per heavy atom. The second kappa shape index (κ2) is 11.2. The molecule has 11 rings (SSSR count). The zero-order valence-electron chi connectivity index (χ0n) is 28.3. The Balaban J connectivity index is 1.23. The predicted molar refractivity (Wildman–Crippen MR) is 219 cm³/mol. The van der Waals surface area contributed by atoms with E-state index >= 15 is 0 Å². The molecule has 0 N–H and O–H groups in total. The molecule has 0 atom stereocenters. The number of hydrogen-bond acceptors (Lipinski definition) is 1. The lowest BCUT2D eigenvalue weighted by Gasteiger charge is -2.39. The fraction of sp³-hybridized carbons (Fsp3) is 0. The van der Waals surface area contributed by atoms with Crippen LogP contribution in [-0.4, -0.2) is 17.2 Å². The summed E-state index contributed by atoms with van der Waals surface area (Å²) >= 11 is 0. The second-order valence-electron chi connectivity index (χ2n) is 13.7. The van der Waals surface area contributed by atoms with Crippen molar-refractivity contribution in [2.75, 3.05) is 0 Å². The Bertz CT molecular complexity index is 2940. The monoisotopic (exact) mass is 680 g/mol. The molecule has 3 nitrogen and oxygen atoms in total. The van der Waals surface area contributed by atoms with E-state index in [0.29, 0.717) is 0 Å². The molecule has 0 unspecified atom stereocenters. The summed E-state index contributed by atoms with van der Waals surface area (Å²) in [7, 11) is -2.78. The number of fused-ring (bicyclic) bond motifs is 9. The van der Waals surface area contributed by atoms with E-state index in [0.717, 1.165) is 39.3 Å². The highest BCUT2D eigenvalue weighted by Crippen LogP contribution is 2.42. The summed E-state index contributed by atoms with van der Waals surface area (Å²) in [5, 5.41) is 10.1. The van der Waals surface area contributed by atoms with Gasteiger partial charge in [0.2, 0.25) is 0 Å². The molecule has 244 valence electrons. The maximum absolute atomic E-state index is 7.14. The number of benzene rings is 8. The van der Waals surface area contributed by atoms with Gasteiger partial charge in [-0.15, -0.1) is 0 Å². The zero-order valence-corrected chi connectivity index (χ0v) is 29.3. The summed E-state index contributed by atoms with van der Waals surface area (Å²) in [5.41, 5.74) is 6.97. The van der Waals surface area contributed by atoms with E-state index in [1.807, 2.05) is 0 Å². The molecule has 0 saturated heterocycles. The fourth-order valence-corrected chi connectivity index (χ4v) is 13.9. The van der Waals surface area contributed by atoms with Crippen LogP contribution in [0.5, 0.6) is 11.5 Å².